The van der Waals surface area contributed by atoms with E-state index in [1.807, 2.05) is 6.20 Å². The van der Waals surface area contributed by atoms with Crippen LogP contribution >= 0.6 is 0 Å². The fourth-order valence-corrected chi connectivity index (χ4v) is 2.44. The highest BCUT2D eigenvalue weighted by molar-refractivity contribution is 5.96. The molecule has 3 heterocycles. The number of carbonyl (C=O) groups is 1. The number of hydrogen-bond donors (Lipinski definition) is 0. The molecule has 104 valence electrons. The van der Waals surface area contributed by atoms with Gasteiger partial charge in [-0.25, -0.2) is 9.67 Å². The number of aromatic nitrogens is 4. The summed E-state index contributed by atoms with van der Waals surface area (Å²) in [4.78, 5) is 18.4. The van der Waals surface area contributed by atoms with Gasteiger partial charge >= 0.3 is 0 Å². The van der Waals surface area contributed by atoms with Crippen LogP contribution in [0.15, 0.2) is 30.7 Å². The molecule has 0 N–H and O–H groups in total. The van der Waals surface area contributed by atoms with E-state index in [1.54, 1.807) is 34.1 Å². The molecule has 7 nitrogen and oxygen atoms in total. The average molecular weight is 273 g/mol. The van der Waals surface area contributed by atoms with E-state index < -0.39 is 0 Å². The van der Waals surface area contributed by atoms with E-state index in [9.17, 15) is 4.79 Å². The second-order valence-electron chi connectivity index (χ2n) is 4.64. The van der Waals surface area contributed by atoms with E-state index in [0.717, 1.165) is 6.42 Å². The quantitative estimate of drug-likeness (QED) is 0.825. The lowest BCUT2D eigenvalue weighted by Gasteiger charge is -2.17. The molecule has 3 rings (SSSR count). The highest BCUT2D eigenvalue weighted by Gasteiger charge is 2.29. The summed E-state index contributed by atoms with van der Waals surface area (Å²) in [6.45, 7) is 1.32. The number of pyridine rings is 1. The Labute approximate surface area is 116 Å². The Kier molecular flexibility index (Phi) is 3.32. The van der Waals surface area contributed by atoms with Gasteiger partial charge in [0.25, 0.3) is 5.91 Å². The van der Waals surface area contributed by atoms with Crippen LogP contribution in [0.4, 0.5) is 0 Å². The molecule has 1 unspecified atom stereocenters. The van der Waals surface area contributed by atoms with Crippen molar-refractivity contribution in [3.8, 4) is 5.88 Å². The summed E-state index contributed by atoms with van der Waals surface area (Å²) < 4.78 is 6.94. The molecule has 1 fully saturated rings. The summed E-state index contributed by atoms with van der Waals surface area (Å²) in [6.07, 6.45) is 5.95. The normalized spacial score (nSPS) is 18.2. The molecule has 7 heteroatoms. The monoisotopic (exact) mass is 273 g/mol. The fraction of sp³-hybridized carbons (Fsp3) is 0.385. The first-order valence-corrected chi connectivity index (χ1v) is 6.43. The number of nitrogens with zero attached hydrogens (tertiary/aromatic N) is 5. The number of carbonyl (C=O) groups excluding carboxylic acids is 1. The van der Waals surface area contributed by atoms with Crippen LogP contribution in [0.3, 0.4) is 0 Å². The third-order valence-electron chi connectivity index (χ3n) is 3.46. The molecular weight excluding hydrogens is 258 g/mol. The summed E-state index contributed by atoms with van der Waals surface area (Å²) in [5.41, 5.74) is 0.495. The maximum Gasteiger partial charge on any atom is 0.259 e. The van der Waals surface area contributed by atoms with Crippen molar-refractivity contribution in [2.45, 2.75) is 12.5 Å². The van der Waals surface area contributed by atoms with Gasteiger partial charge in [-0.2, -0.15) is 0 Å². The van der Waals surface area contributed by atoms with Gasteiger partial charge < -0.3 is 9.64 Å². The number of methoxy groups -OCH3 is 1. The zero-order valence-corrected chi connectivity index (χ0v) is 11.1. The van der Waals surface area contributed by atoms with Crippen molar-refractivity contribution >= 4 is 5.91 Å². The second-order valence-corrected chi connectivity index (χ2v) is 4.64. The van der Waals surface area contributed by atoms with Gasteiger partial charge in [0, 0.05) is 25.5 Å². The van der Waals surface area contributed by atoms with Crippen LogP contribution in [0, 0.1) is 0 Å². The first-order valence-electron chi connectivity index (χ1n) is 6.43. The predicted molar refractivity (Wildman–Crippen MR) is 70.4 cm³/mol. The summed E-state index contributed by atoms with van der Waals surface area (Å²) in [5.74, 6) is 0.305. The molecule has 1 saturated heterocycles. The Bertz CT molecular complexity index is 599. The van der Waals surface area contributed by atoms with Crippen LogP contribution in [0.25, 0.3) is 0 Å². The van der Waals surface area contributed by atoms with Crippen LogP contribution in [0.5, 0.6) is 5.88 Å². The maximum atomic E-state index is 12.5. The third-order valence-corrected chi connectivity index (χ3v) is 3.46. The van der Waals surface area contributed by atoms with Gasteiger partial charge in [-0.15, -0.1) is 5.10 Å². The molecule has 0 aliphatic carbocycles. The molecule has 1 aliphatic heterocycles. The molecule has 1 amide bonds. The molecule has 0 aromatic carbocycles. The van der Waals surface area contributed by atoms with E-state index in [-0.39, 0.29) is 11.9 Å². The lowest BCUT2D eigenvalue weighted by Crippen LogP contribution is -2.29. The van der Waals surface area contributed by atoms with Gasteiger partial charge in [0.1, 0.15) is 5.56 Å². The fourth-order valence-electron chi connectivity index (χ4n) is 2.44. The number of amides is 1. The van der Waals surface area contributed by atoms with Crippen molar-refractivity contribution in [3.05, 3.63) is 36.3 Å². The van der Waals surface area contributed by atoms with Gasteiger partial charge in [-0.3, -0.25) is 4.79 Å². The van der Waals surface area contributed by atoms with E-state index in [0.29, 0.717) is 24.5 Å². The van der Waals surface area contributed by atoms with Gasteiger partial charge in [0.15, 0.2) is 0 Å². The topological polar surface area (TPSA) is 73.1 Å². The zero-order chi connectivity index (χ0) is 13.9. The molecule has 0 spiro atoms. The molecule has 0 radical (unpaired) electrons. The van der Waals surface area contributed by atoms with E-state index >= 15 is 0 Å². The van der Waals surface area contributed by atoms with Gasteiger partial charge in [-0.1, -0.05) is 5.21 Å². The van der Waals surface area contributed by atoms with Crippen LogP contribution < -0.4 is 4.74 Å². The molecule has 0 saturated carbocycles. The largest absolute Gasteiger partial charge is 0.480 e. The zero-order valence-electron chi connectivity index (χ0n) is 11.1. The Hall–Kier alpha value is -2.44. The Balaban J connectivity index is 1.76. The van der Waals surface area contributed by atoms with Crippen LogP contribution in [0.1, 0.15) is 22.8 Å². The van der Waals surface area contributed by atoms with Crippen LogP contribution in [0.2, 0.25) is 0 Å². The standard InChI is InChI=1S/C13H15N5O2/c1-20-12-11(3-2-5-14-12)13(19)17-7-4-10(9-17)18-8-6-15-16-18/h2-3,5-6,8,10H,4,7,9H2,1H3. The second kappa shape index (κ2) is 5.28. The predicted octanol–water partition coefficient (Wildman–Crippen LogP) is 0.769. The van der Waals surface area contributed by atoms with Gasteiger partial charge in [-0.05, 0) is 18.6 Å². The van der Waals surface area contributed by atoms with Crippen molar-refractivity contribution in [2.24, 2.45) is 0 Å². The van der Waals surface area contributed by atoms with Crippen molar-refractivity contribution in [2.75, 3.05) is 20.2 Å². The van der Waals surface area contributed by atoms with Crippen LogP contribution in [-0.2, 0) is 0 Å². The highest BCUT2D eigenvalue weighted by Crippen LogP contribution is 2.24. The summed E-state index contributed by atoms with van der Waals surface area (Å²) in [7, 11) is 1.52. The van der Waals surface area contributed by atoms with Gasteiger partial charge in [0.2, 0.25) is 5.88 Å². The summed E-state index contributed by atoms with van der Waals surface area (Å²) in [6, 6.07) is 3.65. The minimum atomic E-state index is -0.0578. The molecule has 20 heavy (non-hydrogen) atoms. The SMILES string of the molecule is COc1ncccc1C(=O)N1CCC(n2ccnn2)C1. The van der Waals surface area contributed by atoms with Gasteiger partial charge in [0.05, 0.1) is 19.3 Å². The lowest BCUT2D eigenvalue weighted by molar-refractivity contribution is 0.0782. The van der Waals surface area contributed by atoms with Crippen molar-refractivity contribution in [3.63, 3.8) is 0 Å². The number of hydrogen-bond acceptors (Lipinski definition) is 5. The smallest absolute Gasteiger partial charge is 0.259 e. The molecule has 2 aromatic rings. The number of rotatable bonds is 3. The average Bonchev–Trinajstić information content (AvgIpc) is 3.16. The van der Waals surface area contributed by atoms with Crippen molar-refractivity contribution in [1.82, 2.24) is 24.9 Å². The number of ether oxygens (including phenoxy) is 1. The Morgan fingerprint density at radius 2 is 2.35 bits per heavy atom. The molecular formula is C13H15N5O2. The van der Waals surface area contributed by atoms with E-state index in [2.05, 4.69) is 15.3 Å². The summed E-state index contributed by atoms with van der Waals surface area (Å²) >= 11 is 0. The van der Waals surface area contributed by atoms with E-state index in [1.165, 1.54) is 7.11 Å². The minimum Gasteiger partial charge on any atom is -0.480 e. The minimum absolute atomic E-state index is 0.0578. The van der Waals surface area contributed by atoms with Crippen molar-refractivity contribution < 1.29 is 9.53 Å². The van der Waals surface area contributed by atoms with E-state index in [4.69, 9.17) is 4.74 Å². The summed E-state index contributed by atoms with van der Waals surface area (Å²) in [5, 5.41) is 7.79. The first kappa shape index (κ1) is 12.6. The number of likely N-dealkylation sites (tertiary alicyclic amines) is 1. The molecule has 2 aromatic heterocycles. The Morgan fingerprint density at radius 1 is 1.45 bits per heavy atom. The molecule has 0 bridgehead atoms. The maximum absolute atomic E-state index is 12.5. The van der Waals surface area contributed by atoms with Crippen LogP contribution in [-0.4, -0.2) is 51.0 Å². The first-order chi connectivity index (χ1) is 9.79. The Morgan fingerprint density at radius 3 is 3.10 bits per heavy atom. The molecule has 1 atom stereocenters. The van der Waals surface area contributed by atoms with Crippen molar-refractivity contribution in [1.29, 1.82) is 0 Å². The highest BCUT2D eigenvalue weighted by atomic mass is 16.5. The third kappa shape index (κ3) is 2.22. The lowest BCUT2D eigenvalue weighted by atomic mass is 10.2. The molecule has 1 aliphatic rings.